The smallest absolute Gasteiger partial charge is 0.407 e. The molecule has 0 spiro atoms. The largest absolute Gasteiger partial charge is 0.444 e. The minimum absolute atomic E-state index is 0.313. The van der Waals surface area contributed by atoms with Crippen LogP contribution in [0.5, 0.6) is 0 Å². The van der Waals surface area contributed by atoms with Gasteiger partial charge in [-0.1, -0.05) is 0 Å². The van der Waals surface area contributed by atoms with Crippen molar-refractivity contribution in [3.05, 3.63) is 0 Å². The lowest BCUT2D eigenvalue weighted by molar-refractivity contribution is 0.0513. The summed E-state index contributed by atoms with van der Waals surface area (Å²) < 4.78 is 26.3. The van der Waals surface area contributed by atoms with E-state index in [4.69, 9.17) is 9.88 Å². The molecule has 0 aliphatic heterocycles. The van der Waals surface area contributed by atoms with Crippen molar-refractivity contribution in [3.63, 3.8) is 0 Å². The van der Waals surface area contributed by atoms with Gasteiger partial charge in [-0.25, -0.2) is 18.4 Å². The molecule has 0 aromatic heterocycles. The van der Waals surface area contributed by atoms with E-state index >= 15 is 0 Å². The number of ether oxygens (including phenoxy) is 1. The van der Waals surface area contributed by atoms with Crippen LogP contribution in [0.4, 0.5) is 4.79 Å². The third-order valence-corrected chi connectivity index (χ3v) is 2.21. The second-order valence-electron chi connectivity index (χ2n) is 4.38. The van der Waals surface area contributed by atoms with Crippen LogP contribution in [-0.2, 0) is 14.8 Å². The SMILES string of the molecule is CC(CS(N)(=O)=O)NC(=O)OC(C)(C)C. The molecule has 0 bridgehead atoms. The van der Waals surface area contributed by atoms with Gasteiger partial charge in [-0.05, 0) is 27.7 Å². The number of sulfonamides is 1. The van der Waals surface area contributed by atoms with Crippen LogP contribution >= 0.6 is 0 Å². The Kier molecular flexibility index (Phi) is 4.54. The molecule has 7 heteroatoms. The van der Waals surface area contributed by atoms with Crippen LogP contribution in [-0.4, -0.2) is 31.9 Å². The van der Waals surface area contributed by atoms with Gasteiger partial charge < -0.3 is 10.1 Å². The van der Waals surface area contributed by atoms with Gasteiger partial charge in [-0.15, -0.1) is 0 Å². The first-order valence-electron chi connectivity index (χ1n) is 4.49. The fourth-order valence-corrected chi connectivity index (χ4v) is 1.68. The highest BCUT2D eigenvalue weighted by Gasteiger charge is 2.19. The minimum atomic E-state index is -3.58. The van der Waals surface area contributed by atoms with Crippen molar-refractivity contribution >= 4 is 16.1 Å². The van der Waals surface area contributed by atoms with Gasteiger partial charge in [-0.3, -0.25) is 0 Å². The Balaban J connectivity index is 4.09. The molecular formula is C8H18N2O4S. The van der Waals surface area contributed by atoms with Crippen LogP contribution < -0.4 is 10.5 Å². The Morgan fingerprint density at radius 2 is 1.93 bits per heavy atom. The summed E-state index contributed by atoms with van der Waals surface area (Å²) in [6, 6.07) is -0.574. The van der Waals surface area contributed by atoms with Gasteiger partial charge in [0, 0.05) is 6.04 Å². The lowest BCUT2D eigenvalue weighted by Gasteiger charge is -2.21. The van der Waals surface area contributed by atoms with E-state index in [1.807, 2.05) is 0 Å². The molecule has 1 atom stereocenters. The molecule has 0 rings (SSSR count). The molecule has 3 N–H and O–H groups in total. The maximum Gasteiger partial charge on any atom is 0.407 e. The monoisotopic (exact) mass is 238 g/mol. The van der Waals surface area contributed by atoms with E-state index in [1.54, 1.807) is 20.8 Å². The normalized spacial score (nSPS) is 14.5. The maximum atomic E-state index is 11.2. The third kappa shape index (κ3) is 9.48. The molecule has 90 valence electrons. The Morgan fingerprint density at radius 1 is 1.47 bits per heavy atom. The number of nitrogens with one attached hydrogen (secondary N) is 1. The Hall–Kier alpha value is -0.820. The minimum Gasteiger partial charge on any atom is -0.444 e. The fraction of sp³-hybridized carbons (Fsp3) is 0.875. The van der Waals surface area contributed by atoms with Crippen molar-refractivity contribution in [3.8, 4) is 0 Å². The average molecular weight is 238 g/mol. The van der Waals surface area contributed by atoms with E-state index in [2.05, 4.69) is 5.32 Å². The second-order valence-corrected chi connectivity index (χ2v) is 6.04. The summed E-state index contributed by atoms with van der Waals surface area (Å²) in [4.78, 5) is 11.2. The van der Waals surface area contributed by atoms with E-state index in [9.17, 15) is 13.2 Å². The highest BCUT2D eigenvalue weighted by molar-refractivity contribution is 7.89. The number of hydrogen-bond donors (Lipinski definition) is 2. The molecule has 0 radical (unpaired) electrons. The summed E-state index contributed by atoms with van der Waals surface area (Å²) in [6.45, 7) is 6.69. The van der Waals surface area contributed by atoms with Crippen molar-refractivity contribution in [2.24, 2.45) is 5.14 Å². The molecule has 15 heavy (non-hydrogen) atoms. The molecular weight excluding hydrogens is 220 g/mol. The summed E-state index contributed by atoms with van der Waals surface area (Å²) in [5.41, 5.74) is -0.606. The molecule has 0 aromatic carbocycles. The molecule has 6 nitrogen and oxygen atoms in total. The highest BCUT2D eigenvalue weighted by atomic mass is 32.2. The van der Waals surface area contributed by atoms with E-state index in [1.165, 1.54) is 6.92 Å². The number of nitrogens with two attached hydrogens (primary N) is 1. The van der Waals surface area contributed by atoms with Crippen LogP contribution in [0.1, 0.15) is 27.7 Å². The van der Waals surface area contributed by atoms with Gasteiger partial charge in [-0.2, -0.15) is 0 Å². The summed E-state index contributed by atoms with van der Waals surface area (Å²) in [5, 5.41) is 7.19. The van der Waals surface area contributed by atoms with E-state index in [0.29, 0.717) is 0 Å². The zero-order chi connectivity index (χ0) is 12.3. The Labute approximate surface area is 90.2 Å². The molecule has 0 aromatic rings. The molecule has 0 heterocycles. The fourth-order valence-electron chi connectivity index (χ4n) is 0.899. The molecule has 0 aliphatic rings. The number of alkyl carbamates (subject to hydrolysis) is 1. The quantitative estimate of drug-likeness (QED) is 0.733. The zero-order valence-electron chi connectivity index (χ0n) is 9.40. The number of carbonyl (C=O) groups excluding carboxylic acids is 1. The van der Waals surface area contributed by atoms with Crippen molar-refractivity contribution < 1.29 is 17.9 Å². The molecule has 0 saturated heterocycles. The van der Waals surface area contributed by atoms with Crippen molar-refractivity contribution in [1.29, 1.82) is 0 Å². The first kappa shape index (κ1) is 14.2. The average Bonchev–Trinajstić information content (AvgIpc) is 1.73. The number of carbonyl (C=O) groups is 1. The highest BCUT2D eigenvalue weighted by Crippen LogP contribution is 2.06. The first-order valence-corrected chi connectivity index (χ1v) is 6.21. The maximum absolute atomic E-state index is 11.2. The number of rotatable bonds is 3. The van der Waals surface area contributed by atoms with E-state index in [0.717, 1.165) is 0 Å². The van der Waals surface area contributed by atoms with Crippen LogP contribution in [0.2, 0.25) is 0 Å². The van der Waals surface area contributed by atoms with Crippen molar-refractivity contribution in [1.82, 2.24) is 5.32 Å². The van der Waals surface area contributed by atoms with Crippen molar-refractivity contribution in [2.45, 2.75) is 39.3 Å². The van der Waals surface area contributed by atoms with Crippen molar-refractivity contribution in [2.75, 3.05) is 5.75 Å². The summed E-state index contributed by atoms with van der Waals surface area (Å²) >= 11 is 0. The molecule has 0 saturated carbocycles. The van der Waals surface area contributed by atoms with Gasteiger partial charge >= 0.3 is 6.09 Å². The second kappa shape index (κ2) is 4.80. The summed E-state index contributed by atoms with van der Waals surface area (Å²) in [7, 11) is -3.58. The molecule has 1 amide bonds. The first-order chi connectivity index (χ1) is 6.49. The zero-order valence-corrected chi connectivity index (χ0v) is 10.2. The van der Waals surface area contributed by atoms with E-state index in [-0.39, 0.29) is 5.75 Å². The molecule has 1 unspecified atom stereocenters. The predicted octanol–water partition coefficient (Wildman–Crippen LogP) is 0.188. The van der Waals surface area contributed by atoms with Gasteiger partial charge in [0.1, 0.15) is 5.60 Å². The van der Waals surface area contributed by atoms with Gasteiger partial charge in [0.25, 0.3) is 0 Å². The summed E-state index contributed by atoms with van der Waals surface area (Å²) in [5.74, 6) is -0.313. The van der Waals surface area contributed by atoms with Gasteiger partial charge in [0.05, 0.1) is 5.75 Å². The van der Waals surface area contributed by atoms with Gasteiger partial charge in [0.2, 0.25) is 10.0 Å². The number of amides is 1. The number of hydrogen-bond acceptors (Lipinski definition) is 4. The lowest BCUT2D eigenvalue weighted by atomic mass is 10.2. The Bertz CT molecular complexity index is 318. The Morgan fingerprint density at radius 3 is 2.27 bits per heavy atom. The number of primary sulfonamides is 1. The third-order valence-electron chi connectivity index (χ3n) is 1.25. The molecule has 0 fully saturated rings. The van der Waals surface area contributed by atoms with Crippen LogP contribution in [0.3, 0.4) is 0 Å². The topological polar surface area (TPSA) is 98.5 Å². The van der Waals surface area contributed by atoms with Crippen LogP contribution in [0, 0.1) is 0 Å². The summed E-state index contributed by atoms with van der Waals surface area (Å²) in [6.07, 6.45) is -0.654. The van der Waals surface area contributed by atoms with Crippen LogP contribution in [0.25, 0.3) is 0 Å². The van der Waals surface area contributed by atoms with Crippen LogP contribution in [0.15, 0.2) is 0 Å². The standard InChI is InChI=1S/C8H18N2O4S/c1-6(5-15(9,12)13)10-7(11)14-8(2,3)4/h6H,5H2,1-4H3,(H,10,11)(H2,9,12,13). The molecule has 0 aliphatic carbocycles. The lowest BCUT2D eigenvalue weighted by Crippen LogP contribution is -2.42. The van der Waals surface area contributed by atoms with E-state index < -0.39 is 27.8 Å². The van der Waals surface area contributed by atoms with Gasteiger partial charge in [0.15, 0.2) is 0 Å². The predicted molar refractivity (Wildman–Crippen MR) is 56.8 cm³/mol.